The molecule has 1 aliphatic rings. The van der Waals surface area contributed by atoms with Crippen molar-refractivity contribution in [1.82, 2.24) is 0 Å². The van der Waals surface area contributed by atoms with Crippen LogP contribution in [-0.2, 0) is 22.6 Å². The molecule has 4 atom stereocenters. The van der Waals surface area contributed by atoms with Gasteiger partial charge in [-0.1, -0.05) is 60.7 Å². The lowest BCUT2D eigenvalue weighted by Crippen LogP contribution is -2.72. The molecule has 1 fully saturated rings. The highest BCUT2D eigenvalue weighted by Gasteiger charge is 2.61. The number of carbonyl (C=O) groups is 1. The van der Waals surface area contributed by atoms with Crippen LogP contribution in [0.1, 0.15) is 17.5 Å². The van der Waals surface area contributed by atoms with E-state index in [1.54, 1.807) is 30.3 Å². The van der Waals surface area contributed by atoms with Crippen molar-refractivity contribution in [2.45, 2.75) is 42.9 Å². The van der Waals surface area contributed by atoms with Gasteiger partial charge in [-0.15, -0.1) is 0 Å². The third-order valence-corrected chi connectivity index (χ3v) is 5.16. The molecule has 0 aromatic heterocycles. The molecule has 4 N–H and O–H groups in total. The van der Waals surface area contributed by atoms with E-state index >= 15 is 0 Å². The maximum Gasteiger partial charge on any atom is 0.167 e. The number of Topliss-reactive ketones (excluding diaryl/α,β-unsaturated/α-hetero) is 1. The second kappa shape index (κ2) is 7.88. The van der Waals surface area contributed by atoms with E-state index in [4.69, 9.17) is 4.74 Å². The number of aliphatic hydroxyl groups is 4. The fraction of sp³-hybridized carbons (Fsp3) is 0.381. The molecule has 0 heterocycles. The highest BCUT2D eigenvalue weighted by atomic mass is 16.5. The van der Waals surface area contributed by atoms with E-state index in [2.05, 4.69) is 0 Å². The molecule has 4 unspecified atom stereocenters. The van der Waals surface area contributed by atoms with Gasteiger partial charge in [0.1, 0.15) is 23.4 Å². The maximum atomic E-state index is 12.1. The number of hydrogen-bond acceptors (Lipinski definition) is 6. The summed E-state index contributed by atoms with van der Waals surface area (Å²) in [5.41, 5.74) is -2.65. The van der Waals surface area contributed by atoms with Crippen molar-refractivity contribution >= 4 is 5.78 Å². The van der Waals surface area contributed by atoms with Crippen molar-refractivity contribution in [3.05, 3.63) is 71.8 Å². The molecule has 0 radical (unpaired) electrons. The molecular formula is C21H24O6. The van der Waals surface area contributed by atoms with Gasteiger partial charge in [0.2, 0.25) is 0 Å². The van der Waals surface area contributed by atoms with Gasteiger partial charge >= 0.3 is 0 Å². The molecule has 27 heavy (non-hydrogen) atoms. The predicted octanol–water partition coefficient (Wildman–Crippen LogP) is 0.603. The van der Waals surface area contributed by atoms with Crippen molar-refractivity contribution in [3.63, 3.8) is 0 Å². The average Bonchev–Trinajstić information content (AvgIpc) is 2.67. The third-order valence-electron chi connectivity index (χ3n) is 5.16. The Bertz CT molecular complexity index is 765. The van der Waals surface area contributed by atoms with Crippen LogP contribution in [0.5, 0.6) is 0 Å². The zero-order chi connectivity index (χ0) is 19.5. The monoisotopic (exact) mass is 372 g/mol. The first kappa shape index (κ1) is 19.7. The Labute approximate surface area is 157 Å². The predicted molar refractivity (Wildman–Crippen MR) is 97.8 cm³/mol. The number of ether oxygens (including phenoxy) is 1. The average molecular weight is 372 g/mol. The second-order valence-corrected chi connectivity index (χ2v) is 7.13. The lowest BCUT2D eigenvalue weighted by Gasteiger charge is -2.50. The van der Waals surface area contributed by atoms with Gasteiger partial charge in [-0.2, -0.15) is 0 Å². The molecule has 2 aromatic rings. The minimum absolute atomic E-state index is 0.134. The molecule has 1 saturated carbocycles. The first-order valence-electron chi connectivity index (χ1n) is 8.85. The summed E-state index contributed by atoms with van der Waals surface area (Å²) in [5.74, 6) is -0.731. The molecule has 0 aliphatic heterocycles. The van der Waals surface area contributed by atoms with Crippen LogP contribution < -0.4 is 0 Å². The summed E-state index contributed by atoms with van der Waals surface area (Å²) in [5, 5.41) is 42.8. The fourth-order valence-electron chi connectivity index (χ4n) is 3.52. The molecule has 0 amide bonds. The molecule has 0 bridgehead atoms. The van der Waals surface area contributed by atoms with Crippen molar-refractivity contribution in [2.75, 3.05) is 6.61 Å². The number of ketones is 1. The van der Waals surface area contributed by atoms with Crippen LogP contribution in [0.4, 0.5) is 0 Å². The van der Waals surface area contributed by atoms with Crippen molar-refractivity contribution in [1.29, 1.82) is 0 Å². The first-order valence-corrected chi connectivity index (χ1v) is 8.85. The number of carbonyl (C=O) groups excluding carboxylic acids is 1. The fourth-order valence-corrected chi connectivity index (χ4v) is 3.52. The Morgan fingerprint density at radius 3 is 2.07 bits per heavy atom. The Kier molecular flexibility index (Phi) is 5.74. The minimum atomic E-state index is -2.14. The van der Waals surface area contributed by atoms with Crippen LogP contribution in [-0.4, -0.2) is 56.2 Å². The van der Waals surface area contributed by atoms with Crippen LogP contribution in [0.25, 0.3) is 0 Å². The summed E-state index contributed by atoms with van der Waals surface area (Å²) in [6.07, 6.45) is -4.23. The van der Waals surface area contributed by atoms with Crippen LogP contribution >= 0.6 is 0 Å². The van der Waals surface area contributed by atoms with E-state index in [1.807, 2.05) is 30.3 Å². The van der Waals surface area contributed by atoms with E-state index in [0.717, 1.165) is 5.56 Å². The summed E-state index contributed by atoms with van der Waals surface area (Å²) in [4.78, 5) is 12.1. The van der Waals surface area contributed by atoms with E-state index in [1.165, 1.54) is 0 Å². The normalized spacial score (nSPS) is 31.0. The van der Waals surface area contributed by atoms with Crippen molar-refractivity contribution in [3.8, 4) is 0 Å². The van der Waals surface area contributed by atoms with Gasteiger partial charge in [-0.3, -0.25) is 4.79 Å². The first-order chi connectivity index (χ1) is 12.9. The number of rotatable bonds is 6. The van der Waals surface area contributed by atoms with E-state index in [0.29, 0.717) is 5.56 Å². The van der Waals surface area contributed by atoms with Gasteiger partial charge < -0.3 is 25.2 Å². The van der Waals surface area contributed by atoms with Crippen LogP contribution in [0.2, 0.25) is 0 Å². The topological polar surface area (TPSA) is 107 Å². The Morgan fingerprint density at radius 2 is 1.48 bits per heavy atom. The van der Waals surface area contributed by atoms with E-state index in [-0.39, 0.29) is 19.6 Å². The van der Waals surface area contributed by atoms with E-state index in [9.17, 15) is 25.2 Å². The van der Waals surface area contributed by atoms with Crippen molar-refractivity contribution < 1.29 is 30.0 Å². The molecular weight excluding hydrogens is 348 g/mol. The minimum Gasteiger partial charge on any atom is -0.387 e. The number of aliphatic hydroxyl groups excluding tert-OH is 2. The molecule has 2 aromatic carbocycles. The summed E-state index contributed by atoms with van der Waals surface area (Å²) in [6.45, 7) is -0.182. The smallest absolute Gasteiger partial charge is 0.167 e. The Morgan fingerprint density at radius 1 is 0.926 bits per heavy atom. The van der Waals surface area contributed by atoms with Crippen LogP contribution in [0.3, 0.4) is 0 Å². The lowest BCUT2D eigenvalue weighted by molar-refractivity contribution is -0.255. The van der Waals surface area contributed by atoms with Gasteiger partial charge in [-0.25, -0.2) is 0 Å². The van der Waals surface area contributed by atoms with E-state index < -0.39 is 35.6 Å². The van der Waals surface area contributed by atoms with Crippen LogP contribution in [0.15, 0.2) is 60.7 Å². The van der Waals surface area contributed by atoms with Crippen molar-refractivity contribution in [2.24, 2.45) is 0 Å². The molecule has 0 spiro atoms. The molecule has 6 nitrogen and oxygen atoms in total. The van der Waals surface area contributed by atoms with Gasteiger partial charge in [0.25, 0.3) is 0 Å². The number of benzene rings is 2. The van der Waals surface area contributed by atoms with Gasteiger partial charge in [-0.05, 0) is 11.1 Å². The van der Waals surface area contributed by atoms with Gasteiger partial charge in [0.05, 0.1) is 13.2 Å². The molecule has 0 saturated heterocycles. The number of hydrogen-bond donors (Lipinski definition) is 4. The highest BCUT2D eigenvalue weighted by Crippen LogP contribution is 2.39. The Hall–Kier alpha value is -2.09. The van der Waals surface area contributed by atoms with Crippen LogP contribution in [0, 0.1) is 0 Å². The summed E-state index contributed by atoms with van der Waals surface area (Å²) < 4.78 is 5.57. The van der Waals surface area contributed by atoms with Gasteiger partial charge in [0, 0.05) is 12.8 Å². The summed E-state index contributed by atoms with van der Waals surface area (Å²) in [7, 11) is 0. The zero-order valence-electron chi connectivity index (χ0n) is 14.9. The largest absolute Gasteiger partial charge is 0.387 e. The molecule has 144 valence electrons. The molecule has 3 rings (SSSR count). The summed E-state index contributed by atoms with van der Waals surface area (Å²) in [6, 6.07) is 18.1. The molecule has 6 heteroatoms. The summed E-state index contributed by atoms with van der Waals surface area (Å²) >= 11 is 0. The standard InChI is InChI=1S/C21H24O6/c22-17-12-20(25,14-27-13-16-9-5-2-6-10-16)21(26,19(24)18(17)23)11-15-7-3-1-4-8-15/h1-10,18-19,23-26H,11-14H2. The second-order valence-electron chi connectivity index (χ2n) is 7.13. The molecule has 1 aliphatic carbocycles. The quantitative estimate of drug-likeness (QED) is 0.592. The zero-order valence-corrected chi connectivity index (χ0v) is 14.9. The maximum absolute atomic E-state index is 12.1. The Balaban J connectivity index is 1.82. The SMILES string of the molecule is O=C1CC(O)(COCc2ccccc2)C(O)(Cc2ccccc2)C(O)C1O. The third kappa shape index (κ3) is 3.95. The lowest BCUT2D eigenvalue weighted by atomic mass is 9.66. The van der Waals surface area contributed by atoms with Gasteiger partial charge in [0.15, 0.2) is 5.78 Å². The highest BCUT2D eigenvalue weighted by molar-refractivity contribution is 5.86.